The average molecular weight is 401 g/mol. The molecule has 0 aliphatic heterocycles. The number of furan rings is 1. The van der Waals surface area contributed by atoms with Crippen LogP contribution in [0, 0.1) is 11.8 Å². The number of benzene rings is 1. The highest BCUT2D eigenvalue weighted by atomic mass is 35.5. The highest BCUT2D eigenvalue weighted by Crippen LogP contribution is 2.37. The van der Waals surface area contributed by atoms with Gasteiger partial charge in [-0.3, -0.25) is 0 Å². The van der Waals surface area contributed by atoms with E-state index in [1.165, 1.54) is 0 Å². The molecule has 3 aromatic rings. The Morgan fingerprint density at radius 2 is 1.82 bits per heavy atom. The van der Waals surface area contributed by atoms with Gasteiger partial charge >= 0.3 is 0 Å². The molecule has 0 aliphatic rings. The highest BCUT2D eigenvalue weighted by Gasteiger charge is 2.34. The molecule has 2 heterocycles. The van der Waals surface area contributed by atoms with Gasteiger partial charge in [0.05, 0.1) is 11.8 Å². The van der Waals surface area contributed by atoms with Crippen LogP contribution in [0.15, 0.2) is 47.1 Å². The minimum Gasteiger partial charge on any atom is -0.469 e. The van der Waals surface area contributed by atoms with E-state index in [-0.39, 0.29) is 17.4 Å². The smallest absolute Gasteiger partial charge is 0.155 e. The first-order chi connectivity index (χ1) is 13.3. The Labute approximate surface area is 172 Å². The van der Waals surface area contributed by atoms with Crippen molar-refractivity contribution in [1.29, 1.82) is 0 Å². The maximum Gasteiger partial charge on any atom is 0.155 e. The SMILES string of the molecule is CC(C)[C@H](c1nnnn1C(C)(C)C)[C@H](Cc1ccco1)Cc1ccccc1Cl. The standard InChI is InChI=1S/C22H29ClN4O/c1-15(2)20(21-24-25-26-27(21)22(3,4)5)17(14-18-10-8-12-28-18)13-16-9-6-7-11-19(16)23/h6-12,15,17,20H,13-14H2,1-5H3/t17-,20-/m0/s1. The number of rotatable bonds is 7. The van der Waals surface area contributed by atoms with Crippen LogP contribution in [0.5, 0.6) is 0 Å². The summed E-state index contributed by atoms with van der Waals surface area (Å²) in [4.78, 5) is 0. The van der Waals surface area contributed by atoms with E-state index in [9.17, 15) is 0 Å². The van der Waals surface area contributed by atoms with Gasteiger partial charge in [0.1, 0.15) is 5.76 Å². The molecular formula is C22H29ClN4O. The van der Waals surface area contributed by atoms with Crippen molar-refractivity contribution < 1.29 is 4.42 Å². The second-order valence-electron chi connectivity index (χ2n) is 8.73. The lowest BCUT2D eigenvalue weighted by Gasteiger charge is -2.32. The largest absolute Gasteiger partial charge is 0.469 e. The van der Waals surface area contributed by atoms with Crippen molar-refractivity contribution >= 4 is 11.6 Å². The molecule has 5 nitrogen and oxygen atoms in total. The molecule has 2 atom stereocenters. The molecule has 0 radical (unpaired) electrons. The molecular weight excluding hydrogens is 372 g/mol. The lowest BCUT2D eigenvalue weighted by atomic mass is 9.76. The molecule has 2 aromatic heterocycles. The van der Waals surface area contributed by atoms with Crippen LogP contribution in [-0.4, -0.2) is 20.2 Å². The first kappa shape index (κ1) is 20.6. The van der Waals surface area contributed by atoms with Crippen LogP contribution >= 0.6 is 11.6 Å². The summed E-state index contributed by atoms with van der Waals surface area (Å²) < 4.78 is 7.64. The van der Waals surface area contributed by atoms with Gasteiger partial charge in [0, 0.05) is 17.4 Å². The number of halogens is 1. The van der Waals surface area contributed by atoms with Crippen molar-refractivity contribution in [2.24, 2.45) is 11.8 Å². The van der Waals surface area contributed by atoms with Crippen molar-refractivity contribution in [2.75, 3.05) is 0 Å². The molecule has 0 unspecified atom stereocenters. The van der Waals surface area contributed by atoms with E-state index in [1.54, 1.807) is 6.26 Å². The van der Waals surface area contributed by atoms with E-state index >= 15 is 0 Å². The summed E-state index contributed by atoms with van der Waals surface area (Å²) in [7, 11) is 0. The lowest BCUT2D eigenvalue weighted by Crippen LogP contribution is -2.32. The van der Waals surface area contributed by atoms with Gasteiger partial charge in [-0.25, -0.2) is 4.68 Å². The summed E-state index contributed by atoms with van der Waals surface area (Å²) in [5, 5.41) is 13.6. The van der Waals surface area contributed by atoms with Crippen molar-refractivity contribution in [3.05, 3.63) is 64.8 Å². The predicted molar refractivity (Wildman–Crippen MR) is 111 cm³/mol. The van der Waals surface area contributed by atoms with Crippen molar-refractivity contribution in [2.45, 2.75) is 58.9 Å². The summed E-state index contributed by atoms with van der Waals surface area (Å²) in [6, 6.07) is 12.0. The monoisotopic (exact) mass is 400 g/mol. The van der Waals surface area contributed by atoms with Gasteiger partial charge < -0.3 is 4.42 Å². The fraction of sp³-hybridized carbons (Fsp3) is 0.500. The van der Waals surface area contributed by atoms with E-state index in [2.05, 4.69) is 56.2 Å². The number of aromatic nitrogens is 4. The molecule has 0 fully saturated rings. The summed E-state index contributed by atoms with van der Waals surface area (Å²) in [6.07, 6.45) is 3.36. The van der Waals surface area contributed by atoms with Crippen molar-refractivity contribution in [3.8, 4) is 0 Å². The van der Waals surface area contributed by atoms with Gasteiger partial charge in [0.25, 0.3) is 0 Å². The number of hydrogen-bond donors (Lipinski definition) is 0. The van der Waals surface area contributed by atoms with Crippen LogP contribution in [0.3, 0.4) is 0 Å². The van der Waals surface area contributed by atoms with Gasteiger partial charge in [-0.2, -0.15) is 0 Å². The minimum atomic E-state index is -0.189. The van der Waals surface area contributed by atoms with Crippen LogP contribution in [0.25, 0.3) is 0 Å². The Balaban J connectivity index is 2.03. The molecule has 0 bridgehead atoms. The van der Waals surface area contributed by atoms with E-state index in [0.717, 1.165) is 35.0 Å². The third kappa shape index (κ3) is 4.64. The van der Waals surface area contributed by atoms with Crippen LogP contribution in [-0.2, 0) is 18.4 Å². The zero-order valence-corrected chi connectivity index (χ0v) is 18.0. The Bertz CT molecular complexity index is 880. The topological polar surface area (TPSA) is 56.7 Å². The van der Waals surface area contributed by atoms with E-state index in [1.807, 2.05) is 35.0 Å². The average Bonchev–Trinajstić information content (AvgIpc) is 3.28. The van der Waals surface area contributed by atoms with E-state index in [4.69, 9.17) is 16.0 Å². The molecule has 150 valence electrons. The number of hydrogen-bond acceptors (Lipinski definition) is 4. The first-order valence-electron chi connectivity index (χ1n) is 9.82. The zero-order valence-electron chi connectivity index (χ0n) is 17.3. The summed E-state index contributed by atoms with van der Waals surface area (Å²) in [5.74, 6) is 2.66. The fourth-order valence-electron chi connectivity index (χ4n) is 3.89. The molecule has 3 rings (SSSR count). The Morgan fingerprint density at radius 3 is 2.43 bits per heavy atom. The summed E-state index contributed by atoms with van der Waals surface area (Å²) in [5.41, 5.74) is 0.951. The lowest BCUT2D eigenvalue weighted by molar-refractivity contribution is 0.264. The molecule has 0 aliphatic carbocycles. The molecule has 0 N–H and O–H groups in total. The molecule has 28 heavy (non-hydrogen) atoms. The maximum absolute atomic E-state index is 6.49. The normalized spacial score (nSPS) is 14.4. The van der Waals surface area contributed by atoms with Crippen molar-refractivity contribution in [3.63, 3.8) is 0 Å². The molecule has 1 aromatic carbocycles. The molecule has 0 saturated carbocycles. The molecule has 6 heteroatoms. The zero-order chi connectivity index (χ0) is 20.3. The second-order valence-corrected chi connectivity index (χ2v) is 9.14. The van der Waals surface area contributed by atoms with Gasteiger partial charge in [0.2, 0.25) is 0 Å². The Hall–Kier alpha value is -2.14. The highest BCUT2D eigenvalue weighted by molar-refractivity contribution is 6.31. The van der Waals surface area contributed by atoms with Crippen LogP contribution in [0.1, 0.15) is 57.7 Å². The Kier molecular flexibility index (Phi) is 6.23. The van der Waals surface area contributed by atoms with Crippen LogP contribution in [0.2, 0.25) is 5.02 Å². The van der Waals surface area contributed by atoms with Crippen LogP contribution < -0.4 is 0 Å². The number of nitrogens with zero attached hydrogens (tertiary/aromatic N) is 4. The predicted octanol–water partition coefficient (Wildman–Crippen LogP) is 5.52. The van der Waals surface area contributed by atoms with E-state index < -0.39 is 0 Å². The van der Waals surface area contributed by atoms with Gasteiger partial charge in [-0.15, -0.1) is 5.10 Å². The van der Waals surface area contributed by atoms with E-state index in [0.29, 0.717) is 5.92 Å². The summed E-state index contributed by atoms with van der Waals surface area (Å²) >= 11 is 6.49. The van der Waals surface area contributed by atoms with Gasteiger partial charge in [0.15, 0.2) is 5.82 Å². The van der Waals surface area contributed by atoms with Crippen molar-refractivity contribution in [1.82, 2.24) is 20.2 Å². The first-order valence-corrected chi connectivity index (χ1v) is 10.2. The molecule has 0 saturated heterocycles. The third-order valence-corrected chi connectivity index (χ3v) is 5.51. The van der Waals surface area contributed by atoms with Gasteiger partial charge in [-0.05, 0) is 73.2 Å². The van der Waals surface area contributed by atoms with Gasteiger partial charge in [-0.1, -0.05) is 43.6 Å². The molecule has 0 spiro atoms. The summed E-state index contributed by atoms with van der Waals surface area (Å²) in [6.45, 7) is 10.8. The second kappa shape index (κ2) is 8.48. The minimum absolute atomic E-state index is 0.163. The third-order valence-electron chi connectivity index (χ3n) is 5.14. The maximum atomic E-state index is 6.49. The quantitative estimate of drug-likeness (QED) is 0.524. The number of tetrazole rings is 1. The molecule has 0 amide bonds. The van der Waals surface area contributed by atoms with Crippen LogP contribution in [0.4, 0.5) is 0 Å². The fourth-order valence-corrected chi connectivity index (χ4v) is 4.11. The Morgan fingerprint density at radius 1 is 1.07 bits per heavy atom.